The number of nitrogens with zero attached hydrogens (tertiary/aromatic N) is 3. The van der Waals surface area contributed by atoms with Crippen molar-refractivity contribution in [2.75, 3.05) is 0 Å². The van der Waals surface area contributed by atoms with Crippen molar-refractivity contribution in [3.63, 3.8) is 0 Å². The summed E-state index contributed by atoms with van der Waals surface area (Å²) in [5.74, 6) is 0.480. The van der Waals surface area contributed by atoms with Crippen LogP contribution in [0.2, 0.25) is 10.0 Å². The third-order valence-corrected chi connectivity index (χ3v) is 4.49. The van der Waals surface area contributed by atoms with Crippen LogP contribution < -0.4 is 0 Å². The van der Waals surface area contributed by atoms with Gasteiger partial charge in [0.05, 0.1) is 27.0 Å². The molecule has 0 aliphatic heterocycles. The molecule has 31 heavy (non-hydrogen) atoms. The van der Waals surface area contributed by atoms with Gasteiger partial charge in [0, 0.05) is 49.9 Å². The summed E-state index contributed by atoms with van der Waals surface area (Å²) in [4.78, 5) is 16.0. The quantitative estimate of drug-likeness (QED) is 0.290. The maximum absolute atomic E-state index is 7.70. The number of rotatable bonds is 3. The van der Waals surface area contributed by atoms with Gasteiger partial charge in [0.1, 0.15) is 5.82 Å². The molecule has 2 aromatic carbocycles. The van der Waals surface area contributed by atoms with E-state index in [1.165, 1.54) is 0 Å². The average Bonchev–Trinajstić information content (AvgIpc) is 3.22. The van der Waals surface area contributed by atoms with Crippen molar-refractivity contribution >= 4 is 29.2 Å². The minimum Gasteiger partial charge on any atom is -0.410 e. The van der Waals surface area contributed by atoms with E-state index in [0.717, 1.165) is 5.56 Å². The van der Waals surface area contributed by atoms with E-state index < -0.39 is 0 Å². The van der Waals surface area contributed by atoms with Crippen LogP contribution in [0.3, 0.4) is 0 Å². The average molecular weight is 530 g/mol. The Bertz CT molecular complexity index is 1060. The number of hydrogen-bond donors (Lipinski definition) is 1. The summed E-state index contributed by atoms with van der Waals surface area (Å²) in [5, 5.41) is 1.00. The number of imidazole rings is 1. The smallest absolute Gasteiger partial charge is 0.141 e. The van der Waals surface area contributed by atoms with Gasteiger partial charge in [0.25, 0.3) is 0 Å². The summed E-state index contributed by atoms with van der Waals surface area (Å²) < 4.78 is 0. The Morgan fingerprint density at radius 2 is 1.42 bits per heavy atom. The molecule has 5 nitrogen and oxygen atoms in total. The van der Waals surface area contributed by atoms with Gasteiger partial charge in [-0.3, -0.25) is 0 Å². The number of aromatic amines is 1. The van der Waals surface area contributed by atoms with Gasteiger partial charge in [0.15, 0.2) is 0 Å². The SMILES string of the molecule is CC.CC.[NH-]c1nccc(-c2[nH]c(-c3c(Cl)cccc3Cl)nc2-c2ccccc2)n1.[Y]. The first-order chi connectivity index (χ1) is 14.6. The molecule has 0 bridgehead atoms. The number of benzene rings is 2. The number of halogens is 2. The van der Waals surface area contributed by atoms with Gasteiger partial charge in [-0.15, -0.1) is 0 Å². The zero-order chi connectivity index (χ0) is 22.1. The molecule has 2 aromatic heterocycles. The van der Waals surface area contributed by atoms with Crippen molar-refractivity contribution in [3.05, 3.63) is 76.6 Å². The first kappa shape index (κ1) is 27.2. The van der Waals surface area contributed by atoms with E-state index in [1.807, 2.05) is 58.0 Å². The molecule has 0 aliphatic carbocycles. The molecule has 0 fully saturated rings. The molecular weight excluding hydrogens is 506 g/mol. The Balaban J connectivity index is 0.000000910. The van der Waals surface area contributed by atoms with E-state index in [4.69, 9.17) is 33.9 Å². The molecule has 0 saturated heterocycles. The summed E-state index contributed by atoms with van der Waals surface area (Å²) in [6.45, 7) is 8.00. The normalized spacial score (nSPS) is 9.48. The maximum Gasteiger partial charge on any atom is 0.141 e. The largest absolute Gasteiger partial charge is 0.410 e. The van der Waals surface area contributed by atoms with Crippen LogP contribution in [0.15, 0.2) is 60.8 Å². The van der Waals surface area contributed by atoms with Crippen molar-refractivity contribution < 1.29 is 32.7 Å². The van der Waals surface area contributed by atoms with Crippen LogP contribution in [0, 0.1) is 0 Å². The van der Waals surface area contributed by atoms with Gasteiger partial charge in [-0.1, -0.05) is 87.3 Å². The molecule has 0 unspecified atom stereocenters. The topological polar surface area (TPSA) is 78.3 Å². The fourth-order valence-electron chi connectivity index (χ4n) is 2.70. The molecule has 2 N–H and O–H groups in total. The van der Waals surface area contributed by atoms with Crippen LogP contribution in [0.4, 0.5) is 5.95 Å². The third kappa shape index (κ3) is 6.60. The monoisotopic (exact) mass is 529 g/mol. The predicted molar refractivity (Wildman–Crippen MR) is 127 cm³/mol. The van der Waals surface area contributed by atoms with Gasteiger partial charge in [-0.25, -0.2) is 4.98 Å². The first-order valence-corrected chi connectivity index (χ1v) is 10.5. The number of aromatic nitrogens is 4. The molecule has 1 radical (unpaired) electrons. The van der Waals surface area contributed by atoms with Gasteiger partial charge in [-0.05, 0) is 24.4 Å². The summed E-state index contributed by atoms with van der Waals surface area (Å²) in [7, 11) is 0. The van der Waals surface area contributed by atoms with Gasteiger partial charge in [-0.2, -0.15) is 0 Å². The van der Waals surface area contributed by atoms with Gasteiger partial charge in [0.2, 0.25) is 0 Å². The second-order valence-electron chi connectivity index (χ2n) is 5.54. The molecule has 159 valence electrons. The Morgan fingerprint density at radius 1 is 0.806 bits per heavy atom. The van der Waals surface area contributed by atoms with Crippen LogP contribution in [0.5, 0.6) is 0 Å². The third-order valence-electron chi connectivity index (χ3n) is 3.86. The first-order valence-electron chi connectivity index (χ1n) is 9.78. The van der Waals surface area contributed by atoms with Gasteiger partial charge < -0.3 is 20.7 Å². The predicted octanol–water partition coefficient (Wildman–Crippen LogP) is 8.24. The summed E-state index contributed by atoms with van der Waals surface area (Å²) in [6, 6.07) is 16.8. The molecule has 0 aliphatic rings. The van der Waals surface area contributed by atoms with Crippen molar-refractivity contribution in [3.8, 4) is 34.0 Å². The van der Waals surface area contributed by atoms with E-state index in [9.17, 15) is 0 Å². The van der Waals surface area contributed by atoms with E-state index in [-0.39, 0.29) is 38.7 Å². The standard InChI is InChI=1S/C19H12Cl2N5.2C2H6.Y/c20-12-7-4-8-13(21)15(12)18-25-16(11-5-2-1-3-6-11)17(26-18)14-9-10-23-19(22)24-14;2*1-2;/h1-10H,(H2-,22,23,24,25,26);2*1-2H3;/q-1;;;. The van der Waals surface area contributed by atoms with Crippen molar-refractivity contribution in [1.82, 2.24) is 19.9 Å². The van der Waals surface area contributed by atoms with Crippen LogP contribution >= 0.6 is 23.2 Å². The zero-order valence-electron chi connectivity index (χ0n) is 17.9. The van der Waals surface area contributed by atoms with Crippen LogP contribution in [-0.2, 0) is 32.7 Å². The second-order valence-corrected chi connectivity index (χ2v) is 6.35. The van der Waals surface area contributed by atoms with Crippen LogP contribution in [0.1, 0.15) is 27.7 Å². The van der Waals surface area contributed by atoms with E-state index in [0.29, 0.717) is 38.5 Å². The fraction of sp³-hybridized carbons (Fsp3) is 0.174. The van der Waals surface area contributed by atoms with Crippen molar-refractivity contribution in [1.29, 1.82) is 0 Å². The molecule has 0 amide bonds. The van der Waals surface area contributed by atoms with E-state index in [1.54, 1.807) is 30.5 Å². The summed E-state index contributed by atoms with van der Waals surface area (Å²) in [5.41, 5.74) is 11.2. The molecule has 0 atom stereocenters. The number of hydrogen-bond acceptors (Lipinski definition) is 3. The van der Waals surface area contributed by atoms with Crippen molar-refractivity contribution in [2.45, 2.75) is 27.7 Å². The van der Waals surface area contributed by atoms with E-state index >= 15 is 0 Å². The molecule has 0 saturated carbocycles. The molecule has 0 spiro atoms. The Kier molecular flexibility index (Phi) is 11.9. The van der Waals surface area contributed by atoms with Gasteiger partial charge >= 0.3 is 0 Å². The number of H-pyrrole nitrogens is 1. The molecular formula is C23H24Cl2N5Y-. The Hall–Kier alpha value is -1.79. The van der Waals surface area contributed by atoms with Crippen molar-refractivity contribution in [2.24, 2.45) is 0 Å². The Morgan fingerprint density at radius 3 is 2.00 bits per heavy atom. The molecule has 2 heterocycles. The molecule has 4 rings (SSSR count). The summed E-state index contributed by atoms with van der Waals surface area (Å²) in [6.07, 6.45) is 1.54. The molecule has 8 heteroatoms. The number of nitrogens with one attached hydrogen (secondary N) is 2. The summed E-state index contributed by atoms with van der Waals surface area (Å²) >= 11 is 12.7. The maximum atomic E-state index is 7.70. The molecule has 4 aromatic rings. The Labute approximate surface area is 218 Å². The zero-order valence-corrected chi connectivity index (χ0v) is 22.3. The van der Waals surface area contributed by atoms with Crippen LogP contribution in [-0.4, -0.2) is 19.9 Å². The minimum absolute atomic E-state index is 0. The fourth-order valence-corrected chi connectivity index (χ4v) is 3.28. The minimum atomic E-state index is -0.0616. The van der Waals surface area contributed by atoms with E-state index in [2.05, 4.69) is 15.0 Å². The van der Waals surface area contributed by atoms with Crippen LogP contribution in [0.25, 0.3) is 39.8 Å². The second kappa shape index (κ2) is 13.6.